The summed E-state index contributed by atoms with van der Waals surface area (Å²) in [5.74, 6) is 0. The molecule has 1 aromatic carbocycles. The number of benzene rings is 1. The van der Waals surface area contributed by atoms with Gasteiger partial charge in [-0.2, -0.15) is 0 Å². The van der Waals surface area contributed by atoms with Crippen LogP contribution in [0.5, 0.6) is 0 Å². The molecule has 2 aromatic rings. The fourth-order valence-electron chi connectivity index (χ4n) is 1.60. The molecule has 0 saturated heterocycles. The summed E-state index contributed by atoms with van der Waals surface area (Å²) in [6.07, 6.45) is 0. The molecule has 80 valence electrons. The van der Waals surface area contributed by atoms with Crippen molar-refractivity contribution in [3.63, 3.8) is 0 Å². The smallest absolute Gasteiger partial charge is 0.167 e. The molecule has 1 aromatic heterocycles. The molecule has 0 aliphatic heterocycles. The minimum atomic E-state index is -0.0190. The first kappa shape index (κ1) is 10.2. The van der Waals surface area contributed by atoms with Gasteiger partial charge in [-0.05, 0) is 24.6 Å². The molecule has 1 heterocycles. The van der Waals surface area contributed by atoms with E-state index in [0.717, 1.165) is 16.7 Å². The zero-order valence-corrected chi connectivity index (χ0v) is 9.37. The number of aryl methyl sites for hydroxylation is 1. The largest absolute Gasteiger partial charge is 0.356 e. The van der Waals surface area contributed by atoms with Gasteiger partial charge in [0.1, 0.15) is 0 Å². The third-order valence-corrected chi connectivity index (χ3v) is 2.94. The van der Waals surface area contributed by atoms with E-state index in [0.29, 0.717) is 6.54 Å². The molecule has 0 bridgehead atoms. The first-order valence-electron chi connectivity index (χ1n) is 5.11. The summed E-state index contributed by atoms with van der Waals surface area (Å²) >= 11 is 0. The van der Waals surface area contributed by atoms with Crippen LogP contribution < -0.4 is 5.73 Å². The van der Waals surface area contributed by atoms with E-state index >= 15 is 0 Å². The number of hydrogen-bond donors (Lipinski definition) is 1. The van der Waals surface area contributed by atoms with Gasteiger partial charge in [-0.15, -0.1) is 0 Å². The number of nitrogens with zero attached hydrogens (tertiary/aromatic N) is 1. The average Bonchev–Trinajstić information content (AvgIpc) is 2.60. The number of rotatable bonds is 2. The molecule has 3 nitrogen and oxygen atoms in total. The van der Waals surface area contributed by atoms with Crippen LogP contribution in [0.3, 0.4) is 0 Å². The van der Waals surface area contributed by atoms with Crippen LogP contribution in [-0.4, -0.2) is 11.7 Å². The minimum absolute atomic E-state index is 0.0190. The van der Waals surface area contributed by atoms with E-state index in [9.17, 15) is 0 Å². The molecule has 0 spiro atoms. The lowest BCUT2D eigenvalue weighted by Crippen LogP contribution is -2.27. The summed E-state index contributed by atoms with van der Waals surface area (Å²) in [4.78, 5) is 0. The number of fused-ring (bicyclic) bond motifs is 1. The van der Waals surface area contributed by atoms with Crippen molar-refractivity contribution in [2.75, 3.05) is 6.54 Å². The van der Waals surface area contributed by atoms with Gasteiger partial charge in [0, 0.05) is 17.3 Å². The summed E-state index contributed by atoms with van der Waals surface area (Å²) in [5, 5.41) is 5.01. The van der Waals surface area contributed by atoms with E-state index in [-0.39, 0.29) is 5.41 Å². The van der Waals surface area contributed by atoms with Crippen molar-refractivity contribution >= 4 is 11.0 Å². The lowest BCUT2D eigenvalue weighted by molar-refractivity contribution is 0.449. The van der Waals surface area contributed by atoms with Gasteiger partial charge < -0.3 is 10.3 Å². The molecule has 2 rings (SSSR count). The highest BCUT2D eigenvalue weighted by molar-refractivity contribution is 5.80. The predicted octanol–water partition coefficient (Wildman–Crippen LogP) is 2.37. The van der Waals surface area contributed by atoms with E-state index < -0.39 is 0 Å². The highest BCUT2D eigenvalue weighted by Crippen LogP contribution is 2.26. The van der Waals surface area contributed by atoms with Crippen LogP contribution in [0.15, 0.2) is 22.7 Å². The van der Waals surface area contributed by atoms with Gasteiger partial charge in [0.15, 0.2) is 5.58 Å². The number of nitrogens with two attached hydrogens (primary N) is 1. The molecule has 0 radical (unpaired) electrons. The van der Waals surface area contributed by atoms with Gasteiger partial charge in [0.2, 0.25) is 0 Å². The Kier molecular flexibility index (Phi) is 2.27. The minimum Gasteiger partial charge on any atom is -0.356 e. The van der Waals surface area contributed by atoms with Crippen LogP contribution in [0.2, 0.25) is 0 Å². The van der Waals surface area contributed by atoms with Crippen molar-refractivity contribution in [3.8, 4) is 0 Å². The van der Waals surface area contributed by atoms with Crippen LogP contribution in [-0.2, 0) is 5.41 Å². The van der Waals surface area contributed by atoms with Gasteiger partial charge in [-0.1, -0.05) is 25.1 Å². The zero-order chi connectivity index (χ0) is 11.1. The predicted molar refractivity (Wildman–Crippen MR) is 60.8 cm³/mol. The second-order valence-electron chi connectivity index (χ2n) is 4.57. The summed E-state index contributed by atoms with van der Waals surface area (Å²) in [6.45, 7) is 6.81. The quantitative estimate of drug-likeness (QED) is 0.817. The van der Waals surface area contributed by atoms with Crippen LogP contribution >= 0.6 is 0 Å². The van der Waals surface area contributed by atoms with Crippen LogP contribution in [0, 0.1) is 6.92 Å². The Hall–Kier alpha value is -1.35. The molecule has 0 atom stereocenters. The van der Waals surface area contributed by atoms with Gasteiger partial charge in [0.25, 0.3) is 0 Å². The van der Waals surface area contributed by atoms with Gasteiger partial charge >= 0.3 is 0 Å². The standard InChI is InChI=1S/C12H16N2O/c1-8-10-5-4-9(12(2,3)7-13)6-11(10)15-14-8/h4-6H,7,13H2,1-3H3. The van der Waals surface area contributed by atoms with Crippen molar-refractivity contribution in [2.24, 2.45) is 5.73 Å². The second-order valence-corrected chi connectivity index (χ2v) is 4.57. The van der Waals surface area contributed by atoms with Gasteiger partial charge in [0.05, 0.1) is 5.69 Å². The second kappa shape index (κ2) is 3.35. The molecule has 0 fully saturated rings. The fourth-order valence-corrected chi connectivity index (χ4v) is 1.60. The normalized spacial score (nSPS) is 12.3. The van der Waals surface area contributed by atoms with E-state index in [2.05, 4.69) is 25.1 Å². The Bertz CT molecular complexity index is 485. The highest BCUT2D eigenvalue weighted by atomic mass is 16.5. The maximum Gasteiger partial charge on any atom is 0.167 e. The molecule has 0 unspecified atom stereocenters. The fraction of sp³-hybridized carbons (Fsp3) is 0.417. The summed E-state index contributed by atoms with van der Waals surface area (Å²) in [7, 11) is 0. The van der Waals surface area contributed by atoms with Crippen LogP contribution in [0.1, 0.15) is 25.1 Å². The summed E-state index contributed by atoms with van der Waals surface area (Å²) in [6, 6.07) is 6.18. The molecule has 0 amide bonds. The molecule has 0 aliphatic rings. The van der Waals surface area contributed by atoms with Crippen LogP contribution in [0.4, 0.5) is 0 Å². The molecular formula is C12H16N2O. The zero-order valence-electron chi connectivity index (χ0n) is 9.37. The number of hydrogen-bond acceptors (Lipinski definition) is 3. The molecule has 2 N–H and O–H groups in total. The Morgan fingerprint density at radius 3 is 2.80 bits per heavy atom. The Labute approximate surface area is 89.2 Å². The van der Waals surface area contributed by atoms with E-state index in [1.54, 1.807) is 0 Å². The molecule has 3 heteroatoms. The lowest BCUT2D eigenvalue weighted by Gasteiger charge is -2.22. The van der Waals surface area contributed by atoms with E-state index in [1.807, 2.05) is 19.1 Å². The third kappa shape index (κ3) is 1.63. The van der Waals surface area contributed by atoms with E-state index in [1.165, 1.54) is 5.56 Å². The third-order valence-electron chi connectivity index (χ3n) is 2.94. The first-order valence-corrected chi connectivity index (χ1v) is 5.11. The van der Waals surface area contributed by atoms with Crippen molar-refractivity contribution < 1.29 is 4.52 Å². The molecule has 15 heavy (non-hydrogen) atoms. The number of aromatic nitrogens is 1. The summed E-state index contributed by atoms with van der Waals surface area (Å²) < 4.78 is 5.24. The lowest BCUT2D eigenvalue weighted by atomic mass is 9.84. The van der Waals surface area contributed by atoms with Crippen molar-refractivity contribution in [1.29, 1.82) is 0 Å². The van der Waals surface area contributed by atoms with Crippen molar-refractivity contribution in [3.05, 3.63) is 29.5 Å². The van der Waals surface area contributed by atoms with Gasteiger partial charge in [-0.3, -0.25) is 0 Å². The SMILES string of the molecule is Cc1noc2cc(C(C)(C)CN)ccc12. The van der Waals surface area contributed by atoms with E-state index in [4.69, 9.17) is 10.3 Å². The highest BCUT2D eigenvalue weighted by Gasteiger charge is 2.19. The maximum atomic E-state index is 5.74. The Balaban J connectivity index is 2.57. The monoisotopic (exact) mass is 204 g/mol. The molecular weight excluding hydrogens is 188 g/mol. The Morgan fingerprint density at radius 1 is 1.40 bits per heavy atom. The van der Waals surface area contributed by atoms with Crippen LogP contribution in [0.25, 0.3) is 11.0 Å². The van der Waals surface area contributed by atoms with Gasteiger partial charge in [-0.25, -0.2) is 0 Å². The van der Waals surface area contributed by atoms with Crippen molar-refractivity contribution in [1.82, 2.24) is 5.16 Å². The maximum absolute atomic E-state index is 5.74. The van der Waals surface area contributed by atoms with Crippen molar-refractivity contribution in [2.45, 2.75) is 26.2 Å². The first-order chi connectivity index (χ1) is 7.04. The topological polar surface area (TPSA) is 52.0 Å². The molecule has 0 aliphatic carbocycles. The Morgan fingerprint density at radius 2 is 2.13 bits per heavy atom. The molecule has 0 saturated carbocycles. The average molecular weight is 204 g/mol. The summed E-state index contributed by atoms with van der Waals surface area (Å²) in [5.41, 5.74) is 8.68.